The molecule has 2 aromatic heterocycles. The molecule has 126 valence electrons. The molecule has 3 rings (SSSR count). The van der Waals surface area contributed by atoms with E-state index in [0.29, 0.717) is 22.4 Å². The van der Waals surface area contributed by atoms with Crippen molar-refractivity contribution in [2.45, 2.75) is 6.42 Å². The number of anilines is 1. The van der Waals surface area contributed by atoms with Gasteiger partial charge in [0, 0.05) is 18.0 Å². The zero-order valence-corrected chi connectivity index (χ0v) is 12.8. The van der Waals surface area contributed by atoms with Crippen LogP contribution in [0.15, 0.2) is 53.3 Å². The summed E-state index contributed by atoms with van der Waals surface area (Å²) >= 11 is 0. The van der Waals surface area contributed by atoms with Crippen molar-refractivity contribution in [1.29, 1.82) is 0 Å². The largest absolute Gasteiger partial charge is 0.481 e. The average molecular weight is 341 g/mol. The number of carboxylic acid groups (broad SMARTS) is 1. The summed E-state index contributed by atoms with van der Waals surface area (Å²) in [4.78, 5) is 26.4. The van der Waals surface area contributed by atoms with E-state index in [1.807, 2.05) is 0 Å². The Labute approximate surface area is 141 Å². The number of hydrogen-bond donors (Lipinski definition) is 2. The summed E-state index contributed by atoms with van der Waals surface area (Å²) in [6.45, 7) is 0. The number of carboxylic acids is 1. The second kappa shape index (κ2) is 6.91. The zero-order chi connectivity index (χ0) is 17.8. The van der Waals surface area contributed by atoms with Crippen LogP contribution in [0.25, 0.3) is 22.4 Å². The Balaban J connectivity index is 2.06. The molecule has 8 heteroatoms. The smallest absolute Gasteiger partial charge is 0.312 e. The van der Waals surface area contributed by atoms with E-state index in [9.17, 15) is 14.0 Å². The summed E-state index contributed by atoms with van der Waals surface area (Å²) in [5, 5.41) is 15.0. The lowest BCUT2D eigenvalue weighted by molar-refractivity contribution is -0.139. The maximum absolute atomic E-state index is 13.2. The monoisotopic (exact) mass is 341 g/mol. The van der Waals surface area contributed by atoms with Crippen LogP contribution in [0.5, 0.6) is 0 Å². The van der Waals surface area contributed by atoms with Gasteiger partial charge in [-0.15, -0.1) is 0 Å². The molecule has 3 aromatic rings. The molecule has 0 aliphatic heterocycles. The van der Waals surface area contributed by atoms with Gasteiger partial charge in [-0.3, -0.25) is 19.9 Å². The highest BCUT2D eigenvalue weighted by Gasteiger charge is 2.21. The van der Waals surface area contributed by atoms with Gasteiger partial charge in [0.2, 0.25) is 11.8 Å². The van der Waals surface area contributed by atoms with E-state index < -0.39 is 24.1 Å². The molecule has 0 radical (unpaired) electrons. The molecule has 0 unspecified atom stereocenters. The normalized spacial score (nSPS) is 10.4. The van der Waals surface area contributed by atoms with Crippen LogP contribution in [0.4, 0.5) is 10.3 Å². The van der Waals surface area contributed by atoms with Gasteiger partial charge in [0.25, 0.3) is 0 Å². The maximum atomic E-state index is 13.2. The molecule has 0 atom stereocenters. The van der Waals surface area contributed by atoms with Gasteiger partial charge in [-0.25, -0.2) is 4.39 Å². The van der Waals surface area contributed by atoms with Gasteiger partial charge < -0.3 is 9.63 Å². The number of hydrogen-bond acceptors (Lipinski definition) is 5. The molecular weight excluding hydrogens is 329 g/mol. The predicted octanol–water partition coefficient (Wildman–Crippen LogP) is 2.96. The van der Waals surface area contributed by atoms with Crippen LogP contribution in [0.1, 0.15) is 6.42 Å². The fourth-order valence-electron chi connectivity index (χ4n) is 2.27. The third kappa shape index (κ3) is 3.69. The minimum Gasteiger partial charge on any atom is -0.481 e. The molecule has 0 aliphatic rings. The van der Waals surface area contributed by atoms with Crippen LogP contribution in [-0.2, 0) is 9.59 Å². The molecule has 0 aliphatic carbocycles. The van der Waals surface area contributed by atoms with Crippen LogP contribution in [-0.4, -0.2) is 27.1 Å². The van der Waals surface area contributed by atoms with E-state index in [1.54, 1.807) is 24.5 Å². The van der Waals surface area contributed by atoms with Crippen LogP contribution >= 0.6 is 0 Å². The molecule has 1 aromatic carbocycles. The summed E-state index contributed by atoms with van der Waals surface area (Å²) in [6, 6.07) is 8.99. The molecular formula is C17H12FN3O4. The number of aliphatic carboxylic acids is 1. The van der Waals surface area contributed by atoms with Crippen molar-refractivity contribution in [3.63, 3.8) is 0 Å². The topological polar surface area (TPSA) is 105 Å². The van der Waals surface area contributed by atoms with Gasteiger partial charge in [0.05, 0.1) is 5.56 Å². The van der Waals surface area contributed by atoms with Crippen LogP contribution in [0, 0.1) is 5.82 Å². The van der Waals surface area contributed by atoms with Gasteiger partial charge in [0.1, 0.15) is 17.9 Å². The highest BCUT2D eigenvalue weighted by Crippen LogP contribution is 2.37. The standard InChI is InChI=1S/C17H12FN3O4/c18-12-3-1-11(2-4-12)16-15(10-5-7-19-8-6-10)17(25-21-16)20-13(22)9-14(23)24/h1-8H,9H2,(H,20,22)(H,23,24). The van der Waals surface area contributed by atoms with Crippen molar-refractivity contribution in [2.75, 3.05) is 5.32 Å². The Bertz CT molecular complexity index is 907. The minimum atomic E-state index is -1.26. The van der Waals surface area contributed by atoms with Gasteiger partial charge in [0.15, 0.2) is 0 Å². The number of amides is 1. The fourth-order valence-corrected chi connectivity index (χ4v) is 2.27. The Hall–Kier alpha value is -3.55. The highest BCUT2D eigenvalue weighted by atomic mass is 19.1. The first-order valence-corrected chi connectivity index (χ1v) is 7.22. The van der Waals surface area contributed by atoms with Gasteiger partial charge in [-0.1, -0.05) is 5.16 Å². The van der Waals surface area contributed by atoms with Crippen molar-refractivity contribution < 1.29 is 23.6 Å². The van der Waals surface area contributed by atoms with Crippen LogP contribution in [0.3, 0.4) is 0 Å². The van der Waals surface area contributed by atoms with Crippen LogP contribution < -0.4 is 5.32 Å². The van der Waals surface area contributed by atoms with Crippen molar-refractivity contribution in [3.8, 4) is 22.4 Å². The first-order valence-electron chi connectivity index (χ1n) is 7.22. The number of nitrogens with zero attached hydrogens (tertiary/aromatic N) is 2. The van der Waals surface area contributed by atoms with E-state index in [4.69, 9.17) is 9.63 Å². The number of aromatic nitrogens is 2. The summed E-state index contributed by atoms with van der Waals surface area (Å²) in [5.41, 5.74) is 2.07. The number of carbonyl (C=O) groups is 2. The highest BCUT2D eigenvalue weighted by molar-refractivity contribution is 6.03. The zero-order valence-electron chi connectivity index (χ0n) is 12.8. The number of benzene rings is 1. The second-order valence-corrected chi connectivity index (χ2v) is 5.10. The third-order valence-electron chi connectivity index (χ3n) is 3.34. The van der Waals surface area contributed by atoms with Crippen molar-refractivity contribution >= 4 is 17.8 Å². The van der Waals surface area contributed by atoms with Gasteiger partial charge in [-0.2, -0.15) is 0 Å². The van der Waals surface area contributed by atoms with E-state index in [0.717, 1.165) is 0 Å². The Morgan fingerprint density at radius 1 is 1.08 bits per heavy atom. The molecule has 0 saturated heterocycles. The lowest BCUT2D eigenvalue weighted by atomic mass is 10.0. The summed E-state index contributed by atoms with van der Waals surface area (Å²) in [7, 11) is 0. The number of nitrogens with one attached hydrogen (secondary N) is 1. The molecule has 25 heavy (non-hydrogen) atoms. The molecule has 1 amide bonds. The minimum absolute atomic E-state index is 0.0109. The van der Waals surface area contributed by atoms with E-state index >= 15 is 0 Å². The van der Waals surface area contributed by atoms with Crippen molar-refractivity contribution in [2.24, 2.45) is 0 Å². The molecule has 0 bridgehead atoms. The summed E-state index contributed by atoms with van der Waals surface area (Å²) < 4.78 is 18.4. The van der Waals surface area contributed by atoms with Gasteiger partial charge in [-0.05, 0) is 42.0 Å². The molecule has 2 heterocycles. The Morgan fingerprint density at radius 2 is 1.76 bits per heavy atom. The van der Waals surface area contributed by atoms with Crippen molar-refractivity contribution in [3.05, 3.63) is 54.6 Å². The Morgan fingerprint density at radius 3 is 2.40 bits per heavy atom. The SMILES string of the molecule is O=C(O)CC(=O)Nc1onc(-c2ccc(F)cc2)c1-c1ccncc1. The quantitative estimate of drug-likeness (QED) is 0.691. The lowest BCUT2D eigenvalue weighted by Gasteiger charge is -2.05. The molecule has 0 fully saturated rings. The predicted molar refractivity (Wildman–Crippen MR) is 86.0 cm³/mol. The summed E-state index contributed by atoms with van der Waals surface area (Å²) in [5.74, 6) is -2.39. The first kappa shape index (κ1) is 16.3. The second-order valence-electron chi connectivity index (χ2n) is 5.10. The van der Waals surface area contributed by atoms with Crippen molar-refractivity contribution in [1.82, 2.24) is 10.1 Å². The maximum Gasteiger partial charge on any atom is 0.312 e. The fraction of sp³-hybridized carbons (Fsp3) is 0.0588. The first-order chi connectivity index (χ1) is 12.0. The van der Waals surface area contributed by atoms with E-state index in [-0.39, 0.29) is 5.88 Å². The van der Waals surface area contributed by atoms with Gasteiger partial charge >= 0.3 is 5.97 Å². The number of carbonyl (C=O) groups excluding carboxylic acids is 1. The Kier molecular flexibility index (Phi) is 4.51. The van der Waals surface area contributed by atoms with E-state index in [1.165, 1.54) is 24.3 Å². The number of halogens is 1. The lowest BCUT2D eigenvalue weighted by Crippen LogP contribution is -2.15. The van der Waals surface area contributed by atoms with E-state index in [2.05, 4.69) is 15.5 Å². The molecule has 0 spiro atoms. The molecule has 0 saturated carbocycles. The average Bonchev–Trinajstić information content (AvgIpc) is 2.99. The molecule has 2 N–H and O–H groups in total. The third-order valence-corrected chi connectivity index (χ3v) is 3.34. The number of pyridine rings is 1. The van der Waals surface area contributed by atoms with Crippen LogP contribution in [0.2, 0.25) is 0 Å². The molecule has 7 nitrogen and oxygen atoms in total. The summed E-state index contributed by atoms with van der Waals surface area (Å²) in [6.07, 6.45) is 2.40. The number of rotatable bonds is 5.